The fraction of sp³-hybridized carbons (Fsp3) is 0.438. The van der Waals surface area contributed by atoms with E-state index < -0.39 is 40.8 Å². The number of ether oxygens (including phenoxy) is 3. The third-order valence-corrected chi connectivity index (χ3v) is 4.11. The number of methoxy groups -OCH3 is 2. The normalized spacial score (nSPS) is 22.1. The molecule has 0 aliphatic heterocycles. The SMILES string of the molecule is COC(=O)[C@H]1CC(OC(=O)c2ccc([N+](=O)[O-])cc2)C[C@H]1C(=O)OC. The van der Waals surface area contributed by atoms with Crippen molar-refractivity contribution in [1.29, 1.82) is 0 Å². The summed E-state index contributed by atoms with van der Waals surface area (Å²) >= 11 is 0. The van der Waals surface area contributed by atoms with E-state index in [1.54, 1.807) is 0 Å². The van der Waals surface area contributed by atoms with E-state index in [1.807, 2.05) is 0 Å². The zero-order valence-corrected chi connectivity index (χ0v) is 13.7. The van der Waals surface area contributed by atoms with Gasteiger partial charge in [0.15, 0.2) is 0 Å². The lowest BCUT2D eigenvalue weighted by atomic mass is 9.96. The van der Waals surface area contributed by atoms with E-state index in [-0.39, 0.29) is 24.1 Å². The van der Waals surface area contributed by atoms with Gasteiger partial charge in [-0.3, -0.25) is 19.7 Å². The number of esters is 3. The second kappa shape index (κ2) is 7.73. The third-order valence-electron chi connectivity index (χ3n) is 4.11. The number of nitro benzene ring substituents is 1. The molecule has 3 atom stereocenters. The van der Waals surface area contributed by atoms with Gasteiger partial charge in [0.1, 0.15) is 6.10 Å². The molecule has 0 radical (unpaired) electrons. The Morgan fingerprint density at radius 1 is 1.00 bits per heavy atom. The average molecular weight is 351 g/mol. The quantitative estimate of drug-likeness (QED) is 0.338. The van der Waals surface area contributed by atoms with Crippen LogP contribution in [0.4, 0.5) is 5.69 Å². The Morgan fingerprint density at radius 3 is 1.88 bits per heavy atom. The van der Waals surface area contributed by atoms with E-state index in [0.717, 1.165) is 0 Å². The summed E-state index contributed by atoms with van der Waals surface area (Å²) in [5, 5.41) is 10.6. The minimum Gasteiger partial charge on any atom is -0.469 e. The number of rotatable bonds is 5. The van der Waals surface area contributed by atoms with Crippen molar-refractivity contribution in [2.75, 3.05) is 14.2 Å². The standard InChI is InChI=1S/C16H17NO8/c1-23-15(19)12-7-11(8-13(12)16(20)24-2)25-14(18)9-3-5-10(6-4-9)17(21)22/h3-6,11-13H,7-8H2,1-2H3/t11?,12-,13+. The van der Waals surface area contributed by atoms with E-state index in [0.29, 0.717) is 0 Å². The van der Waals surface area contributed by atoms with E-state index in [2.05, 4.69) is 9.47 Å². The molecule has 1 fully saturated rings. The molecular weight excluding hydrogens is 334 g/mol. The molecule has 0 spiro atoms. The zero-order valence-electron chi connectivity index (χ0n) is 13.7. The van der Waals surface area contributed by atoms with Crippen LogP contribution in [0.3, 0.4) is 0 Å². The Bertz CT molecular complexity index is 660. The van der Waals surface area contributed by atoms with Gasteiger partial charge in [-0.2, -0.15) is 0 Å². The van der Waals surface area contributed by atoms with Gasteiger partial charge in [-0.15, -0.1) is 0 Å². The van der Waals surface area contributed by atoms with Crippen LogP contribution < -0.4 is 0 Å². The van der Waals surface area contributed by atoms with Crippen molar-refractivity contribution in [2.45, 2.75) is 18.9 Å². The lowest BCUT2D eigenvalue weighted by Gasteiger charge is -2.13. The highest BCUT2D eigenvalue weighted by atomic mass is 16.6. The predicted molar refractivity (Wildman–Crippen MR) is 82.5 cm³/mol. The summed E-state index contributed by atoms with van der Waals surface area (Å²) in [7, 11) is 2.43. The molecule has 2 rings (SSSR count). The Kier molecular flexibility index (Phi) is 5.68. The fourth-order valence-corrected chi connectivity index (χ4v) is 2.85. The highest BCUT2D eigenvalue weighted by Crippen LogP contribution is 2.36. The number of nitro groups is 1. The molecule has 0 bridgehead atoms. The molecule has 0 saturated heterocycles. The fourth-order valence-electron chi connectivity index (χ4n) is 2.85. The van der Waals surface area contributed by atoms with Crippen LogP contribution >= 0.6 is 0 Å². The maximum absolute atomic E-state index is 12.1. The number of hydrogen-bond acceptors (Lipinski definition) is 8. The van der Waals surface area contributed by atoms with Crippen LogP contribution in [0.1, 0.15) is 23.2 Å². The van der Waals surface area contributed by atoms with Crippen LogP contribution in [0.15, 0.2) is 24.3 Å². The maximum Gasteiger partial charge on any atom is 0.338 e. The summed E-state index contributed by atoms with van der Waals surface area (Å²) in [6, 6.07) is 4.95. The van der Waals surface area contributed by atoms with Crippen molar-refractivity contribution < 1.29 is 33.5 Å². The molecule has 1 aromatic rings. The van der Waals surface area contributed by atoms with Gasteiger partial charge in [0.05, 0.1) is 36.5 Å². The van der Waals surface area contributed by atoms with Crippen LogP contribution in [-0.2, 0) is 23.8 Å². The van der Waals surface area contributed by atoms with Crippen LogP contribution in [0.5, 0.6) is 0 Å². The molecule has 1 unspecified atom stereocenters. The molecule has 1 saturated carbocycles. The molecule has 9 nitrogen and oxygen atoms in total. The summed E-state index contributed by atoms with van der Waals surface area (Å²) < 4.78 is 14.7. The van der Waals surface area contributed by atoms with Crippen LogP contribution in [0, 0.1) is 22.0 Å². The summed E-state index contributed by atoms with van der Waals surface area (Å²) in [4.78, 5) is 45.8. The molecular formula is C16H17NO8. The smallest absolute Gasteiger partial charge is 0.338 e. The summed E-state index contributed by atoms with van der Waals surface area (Å²) in [6.07, 6.45) is -0.369. The van der Waals surface area contributed by atoms with Crippen LogP contribution in [0.2, 0.25) is 0 Å². The van der Waals surface area contributed by atoms with Gasteiger partial charge in [-0.05, 0) is 25.0 Å². The van der Waals surface area contributed by atoms with E-state index in [9.17, 15) is 24.5 Å². The predicted octanol–water partition coefficient (Wildman–Crippen LogP) is 1.49. The first-order valence-electron chi connectivity index (χ1n) is 7.48. The maximum atomic E-state index is 12.1. The number of carbonyl (C=O) groups is 3. The third kappa shape index (κ3) is 4.11. The largest absolute Gasteiger partial charge is 0.469 e. The Balaban J connectivity index is 2.06. The van der Waals surface area contributed by atoms with Crippen molar-refractivity contribution in [3.63, 3.8) is 0 Å². The van der Waals surface area contributed by atoms with E-state index >= 15 is 0 Å². The van der Waals surface area contributed by atoms with Crippen molar-refractivity contribution in [3.05, 3.63) is 39.9 Å². The second-order valence-corrected chi connectivity index (χ2v) is 5.56. The first-order valence-corrected chi connectivity index (χ1v) is 7.48. The topological polar surface area (TPSA) is 122 Å². The first-order chi connectivity index (χ1) is 11.9. The number of hydrogen-bond donors (Lipinski definition) is 0. The highest BCUT2D eigenvalue weighted by Gasteiger charge is 2.45. The molecule has 0 aromatic heterocycles. The molecule has 134 valence electrons. The highest BCUT2D eigenvalue weighted by molar-refractivity contribution is 5.90. The van der Waals surface area contributed by atoms with Gasteiger partial charge in [0.25, 0.3) is 5.69 Å². The summed E-state index contributed by atoms with van der Waals surface area (Å²) in [5.74, 6) is -3.30. The second-order valence-electron chi connectivity index (χ2n) is 5.56. The Labute approximate surface area is 143 Å². The number of benzene rings is 1. The van der Waals surface area contributed by atoms with E-state index in [1.165, 1.54) is 38.5 Å². The van der Waals surface area contributed by atoms with Gasteiger partial charge in [-0.1, -0.05) is 0 Å². The van der Waals surface area contributed by atoms with Gasteiger partial charge in [0.2, 0.25) is 0 Å². The number of non-ortho nitro benzene ring substituents is 1. The molecule has 0 heterocycles. The molecule has 0 amide bonds. The van der Waals surface area contributed by atoms with Crippen molar-refractivity contribution in [3.8, 4) is 0 Å². The molecule has 9 heteroatoms. The van der Waals surface area contributed by atoms with Gasteiger partial charge < -0.3 is 14.2 Å². The van der Waals surface area contributed by atoms with Gasteiger partial charge in [0, 0.05) is 12.1 Å². The van der Waals surface area contributed by atoms with Crippen molar-refractivity contribution in [2.24, 2.45) is 11.8 Å². The molecule has 25 heavy (non-hydrogen) atoms. The lowest BCUT2D eigenvalue weighted by molar-refractivity contribution is -0.384. The van der Waals surface area contributed by atoms with Crippen molar-refractivity contribution >= 4 is 23.6 Å². The average Bonchev–Trinajstić information content (AvgIpc) is 3.04. The summed E-state index contributed by atoms with van der Waals surface area (Å²) in [5.41, 5.74) is -0.00402. The van der Waals surface area contributed by atoms with Gasteiger partial charge >= 0.3 is 17.9 Å². The monoisotopic (exact) mass is 351 g/mol. The molecule has 0 N–H and O–H groups in total. The molecule has 1 aliphatic rings. The zero-order chi connectivity index (χ0) is 18.6. The first kappa shape index (κ1) is 18.4. The van der Waals surface area contributed by atoms with E-state index in [4.69, 9.17) is 4.74 Å². The lowest BCUT2D eigenvalue weighted by Crippen LogP contribution is -2.27. The molecule has 1 aliphatic carbocycles. The Morgan fingerprint density at radius 2 is 1.48 bits per heavy atom. The van der Waals surface area contributed by atoms with Gasteiger partial charge in [-0.25, -0.2) is 4.79 Å². The van der Waals surface area contributed by atoms with Crippen molar-refractivity contribution in [1.82, 2.24) is 0 Å². The summed E-state index contributed by atoms with van der Waals surface area (Å²) in [6.45, 7) is 0. The molecule has 1 aromatic carbocycles. The van der Waals surface area contributed by atoms with Crippen LogP contribution in [0.25, 0.3) is 0 Å². The van der Waals surface area contributed by atoms with Crippen LogP contribution in [-0.4, -0.2) is 43.2 Å². The number of nitrogens with zero attached hydrogens (tertiary/aromatic N) is 1. The Hall–Kier alpha value is -2.97. The minimum atomic E-state index is -0.743. The number of carbonyl (C=O) groups excluding carboxylic acids is 3. The minimum absolute atomic E-state index is 0.140.